The topological polar surface area (TPSA) is 74.3 Å². The van der Waals surface area contributed by atoms with Crippen LogP contribution in [0.15, 0.2) is 0 Å². The Labute approximate surface area is 170 Å². The summed E-state index contributed by atoms with van der Waals surface area (Å²) in [7, 11) is 3.81. The van der Waals surface area contributed by atoms with Gasteiger partial charge in [0.2, 0.25) is 0 Å². The molecule has 7 heteroatoms. The summed E-state index contributed by atoms with van der Waals surface area (Å²) in [5, 5.41) is 0. The molecule has 0 aromatic heterocycles. The summed E-state index contributed by atoms with van der Waals surface area (Å²) in [6.07, 6.45) is 6.12. The molecule has 28 heavy (non-hydrogen) atoms. The van der Waals surface area contributed by atoms with Crippen LogP contribution in [0.1, 0.15) is 65.7 Å². The fourth-order valence-corrected chi connectivity index (χ4v) is 2.74. The predicted octanol–water partition coefficient (Wildman–Crippen LogP) is 3.15. The molecule has 0 unspecified atom stereocenters. The van der Waals surface area contributed by atoms with E-state index in [4.69, 9.17) is 18.9 Å². The molecule has 164 valence electrons. The summed E-state index contributed by atoms with van der Waals surface area (Å²) in [5.74, 6) is -1.19. The average Bonchev–Trinajstić information content (AvgIpc) is 2.65. The SMILES string of the molecule is CCCCCCCC(=O)OCC1(COC(=O)CCN(C)C)COC(C)(C)OC1. The Bertz CT molecular complexity index is 468. The summed E-state index contributed by atoms with van der Waals surface area (Å²) in [6.45, 7) is 7.31. The van der Waals surface area contributed by atoms with Crippen LogP contribution >= 0.6 is 0 Å². The highest BCUT2D eigenvalue weighted by Gasteiger charge is 2.42. The molecule has 1 saturated heterocycles. The van der Waals surface area contributed by atoms with Crippen LogP contribution in [0.25, 0.3) is 0 Å². The molecule has 1 fully saturated rings. The largest absolute Gasteiger partial charge is 0.465 e. The van der Waals surface area contributed by atoms with Crippen LogP contribution in [0.2, 0.25) is 0 Å². The molecule has 0 amide bonds. The van der Waals surface area contributed by atoms with Crippen molar-refractivity contribution < 1.29 is 28.5 Å². The Balaban J connectivity index is 2.48. The van der Waals surface area contributed by atoms with Crippen LogP contribution in [0.3, 0.4) is 0 Å². The van der Waals surface area contributed by atoms with Crippen LogP contribution in [-0.4, -0.2) is 69.7 Å². The Morgan fingerprint density at radius 3 is 1.96 bits per heavy atom. The first-order valence-corrected chi connectivity index (χ1v) is 10.4. The molecule has 7 nitrogen and oxygen atoms in total. The van der Waals surface area contributed by atoms with Crippen LogP contribution in [-0.2, 0) is 28.5 Å². The molecule has 0 atom stereocenters. The maximum Gasteiger partial charge on any atom is 0.307 e. The van der Waals surface area contributed by atoms with Gasteiger partial charge in [-0.1, -0.05) is 32.6 Å². The number of unbranched alkanes of at least 4 members (excludes halogenated alkanes) is 4. The Morgan fingerprint density at radius 2 is 1.43 bits per heavy atom. The molecule has 1 rings (SSSR count). The first kappa shape index (κ1) is 24.9. The zero-order valence-electron chi connectivity index (χ0n) is 18.4. The zero-order chi connectivity index (χ0) is 21.0. The van der Waals surface area contributed by atoms with E-state index in [0.717, 1.165) is 19.3 Å². The van der Waals surface area contributed by atoms with Crippen LogP contribution in [0.4, 0.5) is 0 Å². The molecular weight excluding hydrogens is 362 g/mol. The standard InChI is InChI=1S/C21H39NO6/c1-6-7-8-9-10-11-18(23)25-14-21(16-27-20(2,3)28-17-21)15-26-19(24)12-13-22(4)5/h6-17H2,1-5H3. The third-order valence-electron chi connectivity index (χ3n) is 4.78. The van der Waals surface area contributed by atoms with Gasteiger partial charge in [0, 0.05) is 13.0 Å². The zero-order valence-corrected chi connectivity index (χ0v) is 18.4. The molecule has 0 radical (unpaired) electrons. The molecule has 1 aliphatic rings. The maximum absolute atomic E-state index is 12.1. The number of nitrogens with zero attached hydrogens (tertiary/aromatic N) is 1. The highest BCUT2D eigenvalue weighted by Crippen LogP contribution is 2.31. The van der Waals surface area contributed by atoms with E-state index in [2.05, 4.69) is 6.92 Å². The van der Waals surface area contributed by atoms with Crippen LogP contribution in [0.5, 0.6) is 0 Å². The van der Waals surface area contributed by atoms with Gasteiger partial charge in [0.1, 0.15) is 13.2 Å². The Hall–Kier alpha value is -1.18. The van der Waals surface area contributed by atoms with Crippen molar-refractivity contribution in [1.29, 1.82) is 0 Å². The van der Waals surface area contributed by atoms with Gasteiger partial charge in [-0.25, -0.2) is 0 Å². The fourth-order valence-electron chi connectivity index (χ4n) is 2.74. The van der Waals surface area contributed by atoms with E-state index in [9.17, 15) is 9.59 Å². The lowest BCUT2D eigenvalue weighted by Crippen LogP contribution is -2.51. The van der Waals surface area contributed by atoms with Gasteiger partial charge in [-0.15, -0.1) is 0 Å². The second kappa shape index (κ2) is 12.4. The number of hydrogen-bond donors (Lipinski definition) is 0. The van der Waals surface area contributed by atoms with Crippen LogP contribution < -0.4 is 0 Å². The van der Waals surface area contributed by atoms with Gasteiger partial charge in [0.05, 0.1) is 25.0 Å². The molecule has 0 aromatic rings. The lowest BCUT2D eigenvalue weighted by atomic mass is 9.91. The maximum atomic E-state index is 12.1. The lowest BCUT2D eigenvalue weighted by molar-refractivity contribution is -0.296. The second-order valence-electron chi connectivity index (χ2n) is 8.52. The smallest absolute Gasteiger partial charge is 0.307 e. The summed E-state index contributed by atoms with van der Waals surface area (Å²) < 4.78 is 22.4. The highest BCUT2D eigenvalue weighted by atomic mass is 16.7. The third kappa shape index (κ3) is 10.4. The van der Waals surface area contributed by atoms with Crippen molar-refractivity contribution in [1.82, 2.24) is 4.90 Å². The van der Waals surface area contributed by atoms with E-state index >= 15 is 0 Å². The number of hydrogen-bond acceptors (Lipinski definition) is 7. The quantitative estimate of drug-likeness (QED) is 0.347. The van der Waals surface area contributed by atoms with E-state index in [0.29, 0.717) is 32.6 Å². The monoisotopic (exact) mass is 401 g/mol. The van der Waals surface area contributed by atoms with Crippen molar-refractivity contribution in [3.63, 3.8) is 0 Å². The minimum atomic E-state index is -0.693. The van der Waals surface area contributed by atoms with Gasteiger partial charge in [-0.05, 0) is 34.4 Å². The van der Waals surface area contributed by atoms with Crippen molar-refractivity contribution in [2.75, 3.05) is 47.1 Å². The minimum Gasteiger partial charge on any atom is -0.465 e. The summed E-state index contributed by atoms with van der Waals surface area (Å²) in [5.41, 5.74) is -0.666. The third-order valence-corrected chi connectivity index (χ3v) is 4.78. The number of ether oxygens (including phenoxy) is 4. The predicted molar refractivity (Wildman–Crippen MR) is 107 cm³/mol. The van der Waals surface area contributed by atoms with Crippen molar-refractivity contribution in [3.05, 3.63) is 0 Å². The van der Waals surface area contributed by atoms with Crippen LogP contribution in [0, 0.1) is 5.41 Å². The van der Waals surface area contributed by atoms with E-state index in [1.54, 1.807) is 0 Å². The van der Waals surface area contributed by atoms with Crippen molar-refractivity contribution in [2.24, 2.45) is 5.41 Å². The van der Waals surface area contributed by atoms with E-state index in [1.165, 1.54) is 12.8 Å². The first-order valence-electron chi connectivity index (χ1n) is 10.4. The van der Waals surface area contributed by atoms with E-state index in [-0.39, 0.29) is 25.2 Å². The van der Waals surface area contributed by atoms with Gasteiger partial charge < -0.3 is 23.8 Å². The number of carbonyl (C=O) groups excluding carboxylic acids is 2. The molecule has 0 aromatic carbocycles. The first-order chi connectivity index (χ1) is 13.2. The van der Waals surface area contributed by atoms with E-state index in [1.807, 2.05) is 32.8 Å². The van der Waals surface area contributed by atoms with Crippen molar-refractivity contribution >= 4 is 11.9 Å². The second-order valence-corrected chi connectivity index (χ2v) is 8.52. The van der Waals surface area contributed by atoms with Gasteiger partial charge in [0.15, 0.2) is 5.79 Å². The Kier molecular flexibility index (Phi) is 11.0. The summed E-state index contributed by atoms with van der Waals surface area (Å²) in [6, 6.07) is 0. The number of esters is 2. The molecule has 0 N–H and O–H groups in total. The molecule has 0 aliphatic carbocycles. The number of rotatable bonds is 13. The average molecular weight is 402 g/mol. The van der Waals surface area contributed by atoms with Gasteiger partial charge in [-0.2, -0.15) is 0 Å². The lowest BCUT2D eigenvalue weighted by Gasteiger charge is -2.42. The highest BCUT2D eigenvalue weighted by molar-refractivity contribution is 5.70. The van der Waals surface area contributed by atoms with Crippen molar-refractivity contribution in [3.8, 4) is 0 Å². The normalized spacial score (nSPS) is 18.1. The van der Waals surface area contributed by atoms with Crippen molar-refractivity contribution in [2.45, 2.75) is 71.5 Å². The molecule has 0 spiro atoms. The fraction of sp³-hybridized carbons (Fsp3) is 0.905. The number of carbonyl (C=O) groups is 2. The molecule has 0 bridgehead atoms. The summed E-state index contributed by atoms with van der Waals surface area (Å²) in [4.78, 5) is 26.0. The van der Waals surface area contributed by atoms with Gasteiger partial charge in [-0.3, -0.25) is 9.59 Å². The summed E-state index contributed by atoms with van der Waals surface area (Å²) >= 11 is 0. The molecular formula is C21H39NO6. The van der Waals surface area contributed by atoms with Gasteiger partial charge >= 0.3 is 11.9 Å². The van der Waals surface area contributed by atoms with Gasteiger partial charge in [0.25, 0.3) is 0 Å². The minimum absolute atomic E-state index is 0.110. The van der Waals surface area contributed by atoms with E-state index < -0.39 is 11.2 Å². The molecule has 1 heterocycles. The molecule has 0 saturated carbocycles. The Morgan fingerprint density at radius 1 is 0.893 bits per heavy atom. The molecule has 1 aliphatic heterocycles.